The first kappa shape index (κ1) is 11.2. The van der Waals surface area contributed by atoms with E-state index in [0.717, 1.165) is 5.57 Å². The second kappa shape index (κ2) is 3.35. The minimum Gasteiger partial charge on any atom is -0.378 e. The number of aldehydes is 1. The lowest BCUT2D eigenvalue weighted by molar-refractivity contribution is -0.126. The van der Waals surface area contributed by atoms with Crippen LogP contribution in [0.5, 0.6) is 0 Å². The Kier molecular flexibility index (Phi) is 2.68. The van der Waals surface area contributed by atoms with E-state index in [2.05, 4.69) is 0 Å². The van der Waals surface area contributed by atoms with Crippen LogP contribution in [0.1, 0.15) is 27.7 Å². The number of hydrogen-bond donors (Lipinski definition) is 1. The van der Waals surface area contributed by atoms with Gasteiger partial charge >= 0.3 is 0 Å². The van der Waals surface area contributed by atoms with Crippen LogP contribution in [0, 0.1) is 11.3 Å². The first-order valence-corrected chi connectivity index (χ1v) is 4.86. The van der Waals surface area contributed by atoms with Crippen molar-refractivity contribution in [3.05, 3.63) is 23.8 Å². The second-order valence-corrected chi connectivity index (χ2v) is 5.09. The maximum atomic E-state index is 10.9. The van der Waals surface area contributed by atoms with Crippen molar-refractivity contribution >= 4 is 6.29 Å². The highest BCUT2D eigenvalue weighted by Crippen LogP contribution is 2.38. The Bertz CT molecular complexity index is 294. The third-order valence-corrected chi connectivity index (χ3v) is 2.66. The van der Waals surface area contributed by atoms with Gasteiger partial charge in [-0.2, -0.15) is 0 Å². The highest BCUT2D eigenvalue weighted by Gasteiger charge is 2.41. The van der Waals surface area contributed by atoms with E-state index in [1.165, 1.54) is 0 Å². The number of carbonyl (C=O) groups excluding carboxylic acids is 1. The molecule has 0 saturated carbocycles. The predicted molar refractivity (Wildman–Crippen MR) is 56.9 cm³/mol. The molecule has 1 aliphatic rings. The third kappa shape index (κ3) is 1.95. The van der Waals surface area contributed by atoms with E-state index >= 15 is 0 Å². The second-order valence-electron chi connectivity index (χ2n) is 5.09. The van der Waals surface area contributed by atoms with E-state index in [9.17, 15) is 9.90 Å². The Labute approximate surface area is 85.3 Å². The maximum Gasteiger partial charge on any atom is 0.156 e. The number of aliphatic hydroxyl groups is 1. The van der Waals surface area contributed by atoms with Crippen LogP contribution in [0.2, 0.25) is 0 Å². The molecule has 0 radical (unpaired) electrons. The van der Waals surface area contributed by atoms with Gasteiger partial charge in [-0.1, -0.05) is 38.5 Å². The summed E-state index contributed by atoms with van der Waals surface area (Å²) in [6, 6.07) is 0. The molecule has 0 aromatic heterocycles. The molecule has 1 rings (SSSR count). The third-order valence-electron chi connectivity index (χ3n) is 2.66. The lowest BCUT2D eigenvalue weighted by atomic mass is 9.68. The van der Waals surface area contributed by atoms with Crippen molar-refractivity contribution in [2.24, 2.45) is 11.3 Å². The summed E-state index contributed by atoms with van der Waals surface area (Å²) >= 11 is 0. The normalized spacial score (nSPS) is 32.6. The standard InChI is InChI=1S/C12H18O2/c1-9-5-6-12(14,8-13)10(7-9)11(2,3)4/h5-8,10,14H,1-4H3. The summed E-state index contributed by atoms with van der Waals surface area (Å²) in [5.41, 5.74) is -0.365. The Morgan fingerprint density at radius 1 is 1.50 bits per heavy atom. The minimum absolute atomic E-state index is 0.123. The summed E-state index contributed by atoms with van der Waals surface area (Å²) in [6.07, 6.45) is 5.97. The van der Waals surface area contributed by atoms with E-state index in [1.54, 1.807) is 12.2 Å². The summed E-state index contributed by atoms with van der Waals surface area (Å²) in [5, 5.41) is 10.1. The first-order valence-electron chi connectivity index (χ1n) is 4.86. The number of carbonyl (C=O) groups is 1. The zero-order valence-electron chi connectivity index (χ0n) is 9.24. The van der Waals surface area contributed by atoms with Crippen molar-refractivity contribution in [3.63, 3.8) is 0 Å². The molecule has 0 aromatic carbocycles. The van der Waals surface area contributed by atoms with E-state index < -0.39 is 5.60 Å². The first-order chi connectivity index (χ1) is 6.29. The highest BCUT2D eigenvalue weighted by atomic mass is 16.3. The van der Waals surface area contributed by atoms with Crippen molar-refractivity contribution in [2.45, 2.75) is 33.3 Å². The lowest BCUT2D eigenvalue weighted by Crippen LogP contribution is -2.44. The molecule has 0 spiro atoms. The lowest BCUT2D eigenvalue weighted by Gasteiger charge is -2.39. The topological polar surface area (TPSA) is 37.3 Å². The van der Waals surface area contributed by atoms with Gasteiger partial charge in [-0.05, 0) is 18.4 Å². The van der Waals surface area contributed by atoms with Crippen LogP contribution in [0.15, 0.2) is 23.8 Å². The van der Waals surface area contributed by atoms with Crippen molar-refractivity contribution < 1.29 is 9.90 Å². The minimum atomic E-state index is -1.34. The van der Waals surface area contributed by atoms with Crippen LogP contribution in [0.25, 0.3) is 0 Å². The fraction of sp³-hybridized carbons (Fsp3) is 0.583. The Morgan fingerprint density at radius 2 is 2.07 bits per heavy atom. The van der Waals surface area contributed by atoms with Crippen LogP contribution in [0.3, 0.4) is 0 Å². The van der Waals surface area contributed by atoms with Gasteiger partial charge in [0, 0.05) is 5.92 Å². The average molecular weight is 194 g/mol. The molecule has 14 heavy (non-hydrogen) atoms. The van der Waals surface area contributed by atoms with Gasteiger partial charge in [0.2, 0.25) is 0 Å². The molecular formula is C12H18O2. The van der Waals surface area contributed by atoms with Crippen LogP contribution in [-0.2, 0) is 4.79 Å². The Morgan fingerprint density at radius 3 is 2.50 bits per heavy atom. The molecule has 0 aliphatic heterocycles. The fourth-order valence-electron chi connectivity index (χ4n) is 1.88. The smallest absolute Gasteiger partial charge is 0.156 e. The monoisotopic (exact) mass is 194 g/mol. The quantitative estimate of drug-likeness (QED) is 0.649. The molecule has 2 heteroatoms. The van der Waals surface area contributed by atoms with Gasteiger partial charge in [0.25, 0.3) is 0 Å². The van der Waals surface area contributed by atoms with Crippen molar-refractivity contribution in [2.75, 3.05) is 0 Å². The van der Waals surface area contributed by atoms with Crippen LogP contribution < -0.4 is 0 Å². The van der Waals surface area contributed by atoms with Crippen LogP contribution >= 0.6 is 0 Å². The van der Waals surface area contributed by atoms with Gasteiger partial charge in [-0.25, -0.2) is 0 Å². The average Bonchev–Trinajstić information content (AvgIpc) is 2.08. The largest absolute Gasteiger partial charge is 0.378 e. The van der Waals surface area contributed by atoms with E-state index in [-0.39, 0.29) is 11.3 Å². The summed E-state index contributed by atoms with van der Waals surface area (Å²) in [6.45, 7) is 8.04. The van der Waals surface area contributed by atoms with Gasteiger partial charge in [-0.15, -0.1) is 0 Å². The van der Waals surface area contributed by atoms with Gasteiger partial charge in [-0.3, -0.25) is 4.79 Å². The molecule has 1 aliphatic carbocycles. The zero-order chi connectivity index (χ0) is 11.0. The number of allylic oxidation sites excluding steroid dienone is 2. The molecule has 1 N–H and O–H groups in total. The molecule has 0 fully saturated rings. The zero-order valence-corrected chi connectivity index (χ0v) is 9.24. The molecule has 2 atom stereocenters. The molecule has 2 unspecified atom stereocenters. The molecule has 2 nitrogen and oxygen atoms in total. The summed E-state index contributed by atoms with van der Waals surface area (Å²) < 4.78 is 0. The molecular weight excluding hydrogens is 176 g/mol. The molecule has 0 bridgehead atoms. The molecule has 0 saturated heterocycles. The number of rotatable bonds is 1. The van der Waals surface area contributed by atoms with Gasteiger partial charge in [0.05, 0.1) is 0 Å². The molecule has 78 valence electrons. The SMILES string of the molecule is CC1=CC(C(C)(C)C)C(O)(C=O)C=C1. The predicted octanol–water partition coefficient (Wildman–Crippen LogP) is 2.09. The van der Waals surface area contributed by atoms with Crippen molar-refractivity contribution in [1.82, 2.24) is 0 Å². The van der Waals surface area contributed by atoms with Crippen LogP contribution in [0.4, 0.5) is 0 Å². The Balaban J connectivity index is 3.12. The summed E-state index contributed by atoms with van der Waals surface area (Å²) in [4.78, 5) is 10.9. The molecule has 0 aromatic rings. The fourth-order valence-corrected chi connectivity index (χ4v) is 1.88. The van der Waals surface area contributed by atoms with Gasteiger partial charge < -0.3 is 5.11 Å². The van der Waals surface area contributed by atoms with Crippen LogP contribution in [-0.4, -0.2) is 17.0 Å². The van der Waals surface area contributed by atoms with E-state index in [0.29, 0.717) is 6.29 Å². The van der Waals surface area contributed by atoms with Crippen molar-refractivity contribution in [1.29, 1.82) is 0 Å². The van der Waals surface area contributed by atoms with E-state index in [4.69, 9.17) is 0 Å². The molecule has 0 amide bonds. The van der Waals surface area contributed by atoms with Crippen molar-refractivity contribution in [3.8, 4) is 0 Å². The number of hydrogen-bond acceptors (Lipinski definition) is 2. The maximum absolute atomic E-state index is 10.9. The van der Waals surface area contributed by atoms with Gasteiger partial charge in [0.1, 0.15) is 5.60 Å². The Hall–Kier alpha value is -0.890. The van der Waals surface area contributed by atoms with E-state index in [1.807, 2.05) is 33.8 Å². The molecule has 0 heterocycles. The van der Waals surface area contributed by atoms with Gasteiger partial charge in [0.15, 0.2) is 6.29 Å². The summed E-state index contributed by atoms with van der Waals surface area (Å²) in [7, 11) is 0. The summed E-state index contributed by atoms with van der Waals surface area (Å²) in [5.74, 6) is -0.155. The highest BCUT2D eigenvalue weighted by molar-refractivity contribution is 5.68.